The average molecular weight is 560 g/mol. The Labute approximate surface area is 234 Å². The van der Waals surface area contributed by atoms with E-state index >= 15 is 0 Å². The maximum atomic E-state index is 14.0. The molecule has 1 aromatic carbocycles. The quantitative estimate of drug-likeness (QED) is 0.0925. The molecule has 13 heteroatoms. The van der Waals surface area contributed by atoms with Crippen molar-refractivity contribution < 1.29 is 29.1 Å². The fourth-order valence-electron chi connectivity index (χ4n) is 4.58. The first kappa shape index (κ1) is 32.1. The minimum absolute atomic E-state index is 0.0946. The van der Waals surface area contributed by atoms with E-state index in [-0.39, 0.29) is 38.3 Å². The van der Waals surface area contributed by atoms with Gasteiger partial charge >= 0.3 is 5.97 Å². The van der Waals surface area contributed by atoms with Crippen LogP contribution in [0.2, 0.25) is 0 Å². The predicted molar refractivity (Wildman–Crippen MR) is 148 cm³/mol. The number of carbonyl (C=O) groups is 5. The van der Waals surface area contributed by atoms with E-state index in [1.807, 2.05) is 37.3 Å². The van der Waals surface area contributed by atoms with Gasteiger partial charge in [0, 0.05) is 32.9 Å². The molecule has 0 unspecified atom stereocenters. The summed E-state index contributed by atoms with van der Waals surface area (Å²) in [5.74, 6) is -3.33. The van der Waals surface area contributed by atoms with Crippen LogP contribution in [-0.4, -0.2) is 81.8 Å². The van der Waals surface area contributed by atoms with Crippen LogP contribution >= 0.6 is 0 Å². The highest BCUT2D eigenvalue weighted by Crippen LogP contribution is 2.22. The number of likely N-dealkylation sites (tertiary alicyclic amines) is 1. The predicted octanol–water partition coefficient (Wildman–Crippen LogP) is 0.282. The molecule has 0 bridgehead atoms. The molecule has 1 fully saturated rings. The van der Waals surface area contributed by atoms with Crippen molar-refractivity contribution in [3.63, 3.8) is 0 Å². The Morgan fingerprint density at radius 3 is 2.45 bits per heavy atom. The summed E-state index contributed by atoms with van der Waals surface area (Å²) in [5.41, 5.74) is 13.9. The zero-order chi connectivity index (χ0) is 29.7. The first-order chi connectivity index (χ1) is 19.0. The number of aliphatic imine (C=N–C) groups is 1. The number of nitrogens with one attached hydrogen (secondary N) is 2. The summed E-state index contributed by atoms with van der Waals surface area (Å²) in [6, 6.07) is 5.87. The van der Waals surface area contributed by atoms with Crippen molar-refractivity contribution in [2.24, 2.45) is 16.5 Å². The van der Waals surface area contributed by atoms with Gasteiger partial charge in [-0.05, 0) is 37.7 Å². The highest BCUT2D eigenvalue weighted by molar-refractivity contribution is 5.94. The van der Waals surface area contributed by atoms with Crippen LogP contribution < -0.4 is 22.2 Å². The fraction of sp³-hybridized carbons (Fsp3) is 0.556. The summed E-state index contributed by atoms with van der Waals surface area (Å²) < 4.78 is 0. The van der Waals surface area contributed by atoms with E-state index < -0.39 is 47.7 Å². The van der Waals surface area contributed by atoms with E-state index in [1.54, 1.807) is 0 Å². The van der Waals surface area contributed by atoms with Crippen molar-refractivity contribution in [2.75, 3.05) is 13.1 Å². The lowest BCUT2D eigenvalue weighted by Crippen LogP contribution is -2.60. The molecule has 13 nitrogen and oxygen atoms in total. The van der Waals surface area contributed by atoms with Crippen LogP contribution in [0.4, 0.5) is 0 Å². The van der Waals surface area contributed by atoms with Gasteiger partial charge in [0.2, 0.25) is 23.6 Å². The molecule has 1 aromatic rings. The van der Waals surface area contributed by atoms with E-state index in [9.17, 15) is 29.1 Å². The molecule has 1 saturated heterocycles. The number of aliphatic carboxylic acids is 1. The maximum absolute atomic E-state index is 14.0. The lowest BCUT2D eigenvalue weighted by Gasteiger charge is -2.35. The number of benzene rings is 1. The van der Waals surface area contributed by atoms with E-state index in [2.05, 4.69) is 15.7 Å². The van der Waals surface area contributed by atoms with Crippen molar-refractivity contribution in [1.82, 2.24) is 20.7 Å². The highest BCUT2D eigenvalue weighted by atomic mass is 16.4. The minimum atomic E-state index is -1.21. The Balaban J connectivity index is 2.29. The number of carbonyl (C=O) groups excluding carboxylic acids is 4. The lowest BCUT2D eigenvalue weighted by atomic mass is 10.0. The summed E-state index contributed by atoms with van der Waals surface area (Å²) in [5, 5.41) is 13.3. The molecule has 3 atom stereocenters. The van der Waals surface area contributed by atoms with Gasteiger partial charge in [-0.25, -0.2) is 9.80 Å². The molecule has 0 radical (unpaired) electrons. The number of hydrogen-bond donors (Lipinski definition) is 5. The van der Waals surface area contributed by atoms with Crippen LogP contribution in [0, 0.1) is 0 Å². The number of hydrogen-bond acceptors (Lipinski definition) is 6. The normalized spacial score (nSPS) is 15.9. The zero-order valence-electron chi connectivity index (χ0n) is 23.2. The van der Waals surface area contributed by atoms with Crippen LogP contribution in [0.3, 0.4) is 0 Å². The van der Waals surface area contributed by atoms with E-state index in [0.29, 0.717) is 25.7 Å². The van der Waals surface area contributed by atoms with Gasteiger partial charge in [0.15, 0.2) is 5.96 Å². The van der Waals surface area contributed by atoms with Gasteiger partial charge in [-0.1, -0.05) is 43.7 Å². The van der Waals surface area contributed by atoms with Gasteiger partial charge < -0.3 is 26.8 Å². The van der Waals surface area contributed by atoms with Gasteiger partial charge in [0.05, 0.1) is 0 Å². The van der Waals surface area contributed by atoms with Crippen LogP contribution in [0.5, 0.6) is 0 Å². The van der Waals surface area contributed by atoms with Crippen LogP contribution in [0.25, 0.3) is 0 Å². The summed E-state index contributed by atoms with van der Waals surface area (Å²) in [6.07, 6.45) is 2.86. The number of guanidine groups is 1. The summed E-state index contributed by atoms with van der Waals surface area (Å²) in [6.45, 7) is 3.65. The molecule has 40 heavy (non-hydrogen) atoms. The molecule has 1 aliphatic heterocycles. The molecule has 0 saturated carbocycles. The number of carboxylic acid groups (broad SMARTS) is 1. The van der Waals surface area contributed by atoms with Crippen LogP contribution in [0.1, 0.15) is 64.4 Å². The van der Waals surface area contributed by atoms with Crippen LogP contribution in [0.15, 0.2) is 35.3 Å². The van der Waals surface area contributed by atoms with Gasteiger partial charge in [0.25, 0.3) is 0 Å². The lowest BCUT2D eigenvalue weighted by molar-refractivity contribution is -0.154. The second-order valence-corrected chi connectivity index (χ2v) is 9.78. The number of hydrazine groups is 1. The maximum Gasteiger partial charge on any atom is 0.326 e. The SMILES string of the molecule is CCCCC(=O)N(NC(C)=O)[C@H](Cc1ccccc1)C(=O)N1CCC[C@H]1C(=O)N[C@H](CCCN=C(N)N)C(=O)O. The molecular weight excluding hydrogens is 518 g/mol. The molecule has 0 aliphatic carbocycles. The first-order valence-electron chi connectivity index (χ1n) is 13.6. The van der Waals surface area contributed by atoms with Crippen LogP contribution in [-0.2, 0) is 30.4 Å². The number of nitrogens with two attached hydrogens (primary N) is 2. The second kappa shape index (κ2) is 16.1. The van der Waals surface area contributed by atoms with Gasteiger partial charge in [-0.2, -0.15) is 0 Å². The number of nitrogens with zero attached hydrogens (tertiary/aromatic N) is 3. The van der Waals surface area contributed by atoms with E-state index in [4.69, 9.17) is 11.5 Å². The Kier molecular flexibility index (Phi) is 12.9. The number of carboxylic acids is 1. The number of rotatable bonds is 14. The molecule has 220 valence electrons. The Bertz CT molecular complexity index is 1060. The van der Waals surface area contributed by atoms with Crippen molar-refractivity contribution in [1.29, 1.82) is 0 Å². The Morgan fingerprint density at radius 1 is 1.15 bits per heavy atom. The molecule has 1 heterocycles. The third-order valence-electron chi connectivity index (χ3n) is 6.56. The monoisotopic (exact) mass is 559 g/mol. The van der Waals surface area contributed by atoms with Gasteiger partial charge in [-0.15, -0.1) is 0 Å². The minimum Gasteiger partial charge on any atom is -0.480 e. The number of unbranched alkanes of at least 4 members (excludes halogenated alkanes) is 1. The topological polar surface area (TPSA) is 201 Å². The first-order valence-corrected chi connectivity index (χ1v) is 13.6. The zero-order valence-corrected chi connectivity index (χ0v) is 23.2. The molecule has 7 N–H and O–H groups in total. The van der Waals surface area contributed by atoms with Gasteiger partial charge in [-0.3, -0.25) is 29.6 Å². The molecule has 0 aromatic heterocycles. The van der Waals surface area contributed by atoms with Crippen molar-refractivity contribution in [2.45, 2.75) is 83.3 Å². The van der Waals surface area contributed by atoms with E-state index in [0.717, 1.165) is 17.0 Å². The summed E-state index contributed by atoms with van der Waals surface area (Å²) in [7, 11) is 0. The number of amides is 4. The van der Waals surface area contributed by atoms with Gasteiger partial charge in [0.1, 0.15) is 18.1 Å². The molecule has 2 rings (SSSR count). The summed E-state index contributed by atoms with van der Waals surface area (Å²) >= 11 is 0. The average Bonchev–Trinajstić information content (AvgIpc) is 3.41. The fourth-order valence-corrected chi connectivity index (χ4v) is 4.58. The van der Waals surface area contributed by atoms with Crippen molar-refractivity contribution in [3.05, 3.63) is 35.9 Å². The molecule has 1 aliphatic rings. The summed E-state index contributed by atoms with van der Waals surface area (Å²) in [4.78, 5) is 69.5. The van der Waals surface area contributed by atoms with Crippen molar-refractivity contribution >= 4 is 35.6 Å². The molecular formula is C27H41N7O6. The third kappa shape index (κ3) is 9.86. The second-order valence-electron chi connectivity index (χ2n) is 9.78. The van der Waals surface area contributed by atoms with E-state index in [1.165, 1.54) is 11.8 Å². The largest absolute Gasteiger partial charge is 0.480 e. The third-order valence-corrected chi connectivity index (χ3v) is 6.56. The smallest absolute Gasteiger partial charge is 0.326 e. The van der Waals surface area contributed by atoms with Crippen molar-refractivity contribution in [3.8, 4) is 0 Å². The Morgan fingerprint density at radius 2 is 1.85 bits per heavy atom. The Hall–Kier alpha value is -4.16. The molecule has 4 amide bonds. The highest BCUT2D eigenvalue weighted by Gasteiger charge is 2.41. The molecule has 0 spiro atoms. The standard InChI is InChI=1S/C27H41N7O6/c1-3-4-14-23(36)34(32-18(2)35)22(17-19-10-6-5-7-11-19)25(38)33-16-9-13-21(33)24(37)31-20(26(39)40)12-8-15-30-27(28)29/h5-7,10-11,20-22H,3-4,8-9,12-17H2,1-2H3,(H,31,37)(H,32,35)(H,39,40)(H4,28,29,30)/t20-,21+,22-/m1/s1.